The zero-order valence-corrected chi connectivity index (χ0v) is 11.3. The van der Waals surface area contributed by atoms with Crippen molar-refractivity contribution in [1.29, 1.82) is 0 Å². The summed E-state index contributed by atoms with van der Waals surface area (Å²) >= 11 is 3.23. The first-order valence-electron chi connectivity index (χ1n) is 3.97. The Morgan fingerprint density at radius 2 is 1.58 bits per heavy atom. The summed E-state index contributed by atoms with van der Waals surface area (Å²) in [4.78, 5) is 0. The second-order valence-corrected chi connectivity index (χ2v) is 6.43. The molecule has 1 aromatic rings. The van der Waals surface area contributed by atoms with Crippen molar-refractivity contribution in [2.45, 2.75) is 19.4 Å². The Morgan fingerprint density at radius 1 is 1.25 bits per heavy atom. The van der Waals surface area contributed by atoms with Gasteiger partial charge in [0.2, 0.25) is 0 Å². The number of hydrogen-bond donors (Lipinski definition) is 1. The van der Waals surface area contributed by atoms with Crippen molar-refractivity contribution < 1.29 is 5.11 Å². The van der Waals surface area contributed by atoms with Crippen molar-refractivity contribution >= 4 is 26.2 Å². The number of rotatable bonds is 0. The first-order valence-corrected chi connectivity index (χ1v) is 5.91. The van der Waals surface area contributed by atoms with E-state index >= 15 is 0 Å². The molecule has 0 aliphatic rings. The molecule has 1 aromatic carbocycles. The second kappa shape index (κ2) is 6.26. The molecule has 0 heterocycles. The maximum atomic E-state index is 8.74. The molecule has 68 valence electrons. The van der Waals surface area contributed by atoms with Gasteiger partial charge in [-0.15, -0.1) is 0 Å². The Balaban J connectivity index is 0.000000261. The largest absolute Gasteiger partial charge is 0.508 e. The van der Waals surface area contributed by atoms with Crippen LogP contribution in [0.2, 0.25) is 5.54 Å². The van der Waals surface area contributed by atoms with Gasteiger partial charge in [0, 0.05) is 14.7 Å². The molecule has 0 atom stereocenters. The van der Waals surface area contributed by atoms with Gasteiger partial charge in [-0.05, 0) is 24.3 Å². The van der Waals surface area contributed by atoms with Crippen LogP contribution < -0.4 is 0 Å². The highest BCUT2D eigenvalue weighted by Gasteiger charge is 1.83. The lowest BCUT2D eigenvalue weighted by atomic mass is 10.3. The second-order valence-electron chi connectivity index (χ2n) is 3.21. The molecule has 0 bridgehead atoms. The van der Waals surface area contributed by atoms with E-state index in [1.807, 2.05) is 0 Å². The Kier molecular flexibility index (Phi) is 6.11. The van der Waals surface area contributed by atoms with Crippen molar-refractivity contribution in [2.24, 2.45) is 0 Å². The summed E-state index contributed by atoms with van der Waals surface area (Å²) in [5, 5.41) is 8.74. The van der Waals surface area contributed by atoms with Crippen molar-refractivity contribution in [3.8, 4) is 5.75 Å². The maximum absolute atomic E-state index is 8.74. The molecule has 12 heavy (non-hydrogen) atoms. The molecule has 0 spiro atoms. The zero-order chi connectivity index (χ0) is 9.56. The smallest absolute Gasteiger partial charge is 0.115 e. The molecule has 0 saturated heterocycles. The molecule has 3 heteroatoms. The summed E-state index contributed by atoms with van der Waals surface area (Å²) in [7, 11) is 1.35. The molecule has 0 aliphatic carbocycles. The van der Waals surface area contributed by atoms with Gasteiger partial charge in [-0.3, -0.25) is 0 Å². The van der Waals surface area contributed by atoms with Gasteiger partial charge in [0.05, 0.1) is 0 Å². The quantitative estimate of drug-likeness (QED) is 0.698. The van der Waals surface area contributed by atoms with Crippen molar-refractivity contribution in [2.75, 3.05) is 0 Å². The van der Waals surface area contributed by atoms with Crippen LogP contribution in [0, 0.1) is 0 Å². The molecular weight excluding hydrogens is 232 g/mol. The zero-order valence-electron chi connectivity index (χ0n) is 7.71. The summed E-state index contributed by atoms with van der Waals surface area (Å²) in [6.07, 6.45) is 0. The Morgan fingerprint density at radius 3 is 1.83 bits per heavy atom. The van der Waals surface area contributed by atoms with Gasteiger partial charge in [-0.1, -0.05) is 35.3 Å². The van der Waals surface area contributed by atoms with E-state index in [9.17, 15) is 0 Å². The van der Waals surface area contributed by atoms with Crippen molar-refractivity contribution in [3.05, 3.63) is 28.7 Å². The molecule has 0 radical (unpaired) electrons. The van der Waals surface area contributed by atoms with E-state index < -0.39 is 0 Å². The SMILES string of the molecule is CC(C)[SiH3].Oc1ccc(Br)cc1. The van der Waals surface area contributed by atoms with E-state index in [2.05, 4.69) is 29.8 Å². The highest BCUT2D eigenvalue weighted by molar-refractivity contribution is 9.10. The van der Waals surface area contributed by atoms with Gasteiger partial charge in [0.15, 0.2) is 0 Å². The van der Waals surface area contributed by atoms with Gasteiger partial charge in [0.1, 0.15) is 5.75 Å². The number of hydrogen-bond acceptors (Lipinski definition) is 1. The predicted octanol–water partition coefficient (Wildman–Crippen LogP) is 2.33. The number of benzene rings is 1. The molecule has 0 unspecified atom stereocenters. The van der Waals surface area contributed by atoms with Crippen LogP contribution in [0.25, 0.3) is 0 Å². The number of phenols is 1. The summed E-state index contributed by atoms with van der Waals surface area (Å²) in [5.41, 5.74) is 0.972. The third-order valence-electron chi connectivity index (χ3n) is 0.827. The molecular formula is C9H15BrOSi. The third kappa shape index (κ3) is 7.82. The predicted molar refractivity (Wildman–Crippen MR) is 60.8 cm³/mol. The maximum Gasteiger partial charge on any atom is 0.115 e. The van der Waals surface area contributed by atoms with Crippen LogP contribution in [0.5, 0.6) is 5.75 Å². The average Bonchev–Trinajstić information content (AvgIpc) is 1.94. The van der Waals surface area contributed by atoms with Gasteiger partial charge in [-0.2, -0.15) is 0 Å². The molecule has 0 aliphatic heterocycles. The lowest BCUT2D eigenvalue weighted by Gasteiger charge is -1.87. The summed E-state index contributed by atoms with van der Waals surface area (Å²) in [6.45, 7) is 4.46. The highest BCUT2D eigenvalue weighted by Crippen LogP contribution is 2.13. The van der Waals surface area contributed by atoms with Crippen LogP contribution in [-0.4, -0.2) is 15.3 Å². The van der Waals surface area contributed by atoms with Crippen LogP contribution in [-0.2, 0) is 0 Å². The third-order valence-corrected chi connectivity index (χ3v) is 1.36. The molecule has 0 amide bonds. The average molecular weight is 247 g/mol. The number of halogens is 1. The first kappa shape index (κ1) is 11.7. The lowest BCUT2D eigenvalue weighted by molar-refractivity contribution is 0.475. The number of aromatic hydroxyl groups is 1. The summed E-state index contributed by atoms with van der Waals surface area (Å²) < 4.78 is 0.982. The van der Waals surface area contributed by atoms with E-state index in [0.717, 1.165) is 10.0 Å². The number of phenolic OH excluding ortho intramolecular Hbond substituents is 1. The molecule has 0 aromatic heterocycles. The minimum Gasteiger partial charge on any atom is -0.508 e. The summed E-state index contributed by atoms with van der Waals surface area (Å²) in [6, 6.07) is 6.83. The van der Waals surface area contributed by atoms with Crippen LogP contribution in [0.1, 0.15) is 13.8 Å². The van der Waals surface area contributed by atoms with Gasteiger partial charge >= 0.3 is 0 Å². The van der Waals surface area contributed by atoms with Crippen LogP contribution in [0.15, 0.2) is 28.7 Å². The highest BCUT2D eigenvalue weighted by atomic mass is 79.9. The normalized spacial score (nSPS) is 9.33. The standard InChI is InChI=1S/C6H5BrO.C3H10Si/c7-5-1-3-6(8)4-2-5;1-3(2)4/h1-4,8H;3H,1-2,4H3. The van der Waals surface area contributed by atoms with E-state index in [4.69, 9.17) is 5.11 Å². The van der Waals surface area contributed by atoms with E-state index in [-0.39, 0.29) is 0 Å². The topological polar surface area (TPSA) is 20.2 Å². The van der Waals surface area contributed by atoms with E-state index in [1.54, 1.807) is 24.3 Å². The fraction of sp³-hybridized carbons (Fsp3) is 0.333. The molecule has 1 rings (SSSR count). The Bertz CT molecular complexity index is 185. The molecule has 0 fully saturated rings. The van der Waals surface area contributed by atoms with Crippen molar-refractivity contribution in [3.63, 3.8) is 0 Å². The molecule has 1 nitrogen and oxygen atoms in total. The van der Waals surface area contributed by atoms with Gasteiger partial charge in [-0.25, -0.2) is 0 Å². The summed E-state index contributed by atoms with van der Waals surface area (Å²) in [5.74, 6) is 0.299. The Labute approximate surface area is 85.4 Å². The van der Waals surface area contributed by atoms with Crippen LogP contribution in [0.4, 0.5) is 0 Å². The van der Waals surface area contributed by atoms with Crippen LogP contribution >= 0.6 is 15.9 Å². The van der Waals surface area contributed by atoms with Crippen LogP contribution in [0.3, 0.4) is 0 Å². The minimum absolute atomic E-state index is 0.299. The fourth-order valence-electron chi connectivity index (χ4n) is 0.441. The molecule has 0 saturated carbocycles. The molecule has 1 N–H and O–H groups in total. The fourth-order valence-corrected chi connectivity index (χ4v) is 0.705. The lowest BCUT2D eigenvalue weighted by Crippen LogP contribution is -1.67. The monoisotopic (exact) mass is 246 g/mol. The minimum atomic E-state index is 0.299. The first-order chi connectivity index (χ1) is 5.52. The van der Waals surface area contributed by atoms with Gasteiger partial charge < -0.3 is 5.11 Å². The van der Waals surface area contributed by atoms with E-state index in [1.165, 1.54) is 10.2 Å². The Hall–Kier alpha value is -0.283. The van der Waals surface area contributed by atoms with E-state index in [0.29, 0.717) is 5.75 Å². The van der Waals surface area contributed by atoms with Crippen molar-refractivity contribution in [1.82, 2.24) is 0 Å². The van der Waals surface area contributed by atoms with Gasteiger partial charge in [0.25, 0.3) is 0 Å².